The largest absolute Gasteiger partial charge is 0.288 e. The minimum Gasteiger partial charge on any atom is -0.288 e. The molecule has 12 heteroatoms. The fourth-order valence-electron chi connectivity index (χ4n) is 5.82. The molecule has 1 saturated heterocycles. The van der Waals surface area contributed by atoms with Crippen molar-refractivity contribution < 1.29 is 4.74 Å². The van der Waals surface area contributed by atoms with Crippen LogP contribution >= 0.6 is 44.7 Å². The van der Waals surface area contributed by atoms with Crippen LogP contribution in [0.15, 0.2) is 99.2 Å². The number of benzene rings is 4. The van der Waals surface area contributed by atoms with E-state index in [1.165, 1.54) is 71.2 Å². The van der Waals surface area contributed by atoms with Crippen LogP contribution in [-0.2, 0) is 4.74 Å². The predicted octanol–water partition coefficient (Wildman–Crippen LogP) is 10.4. The summed E-state index contributed by atoms with van der Waals surface area (Å²) in [6.45, 7) is 2.00. The van der Waals surface area contributed by atoms with Crippen molar-refractivity contribution in [1.82, 2.24) is 29.5 Å². The van der Waals surface area contributed by atoms with Gasteiger partial charge in [-0.15, -0.1) is 20.4 Å². The summed E-state index contributed by atoms with van der Waals surface area (Å²) in [6, 6.07) is 26.0. The summed E-state index contributed by atoms with van der Waals surface area (Å²) in [6.07, 6.45) is 11.3. The second-order valence-electron chi connectivity index (χ2n) is 11.4. The standard InChI is InChI=1S/C15H11Br2N3.C15H13N3.C4H8O.2CH4.BHNS/c16-14-18-19-15(17)20(14)13-8-7-10(9-5-6-9)11-3-1-2-4-12(11)13;1-2-4-14-13(3-1)12(11-5-6-11)7-8-15(14)18-9-16-17-10-18;1-2-4-5-3-1;;;1-2-3/h1-4,7-9H,5-6H2;1-4,7-11H,5-6H2;1-4H2;2*1H4;3H. The monoisotopic (exact) mass is 788 g/mol. The molecule has 0 spiro atoms. The van der Waals surface area contributed by atoms with Crippen molar-refractivity contribution in [3.63, 3.8) is 0 Å². The fourth-order valence-corrected chi connectivity index (χ4v) is 6.93. The van der Waals surface area contributed by atoms with Gasteiger partial charge < -0.3 is 4.74 Å². The number of ether oxygens (including phenoxy) is 1. The number of halogens is 2. The second-order valence-corrected chi connectivity index (χ2v) is 13.0. The first kappa shape index (κ1) is 37.6. The molecule has 4 aromatic carbocycles. The van der Waals surface area contributed by atoms with Gasteiger partial charge in [-0.3, -0.25) is 9.13 Å². The van der Waals surface area contributed by atoms with Crippen LogP contribution < -0.4 is 0 Å². The van der Waals surface area contributed by atoms with Gasteiger partial charge in [-0.05, 0) is 116 Å². The van der Waals surface area contributed by atoms with E-state index in [4.69, 9.17) is 4.74 Å². The molecule has 3 fully saturated rings. The molecule has 1 radical (unpaired) electrons. The molecule has 0 N–H and O–H groups in total. The molecule has 8 nitrogen and oxygen atoms in total. The van der Waals surface area contributed by atoms with Gasteiger partial charge >= 0.3 is 24.8 Å². The molecule has 0 unspecified atom stereocenters. The van der Waals surface area contributed by atoms with Crippen LogP contribution in [0.5, 0.6) is 0 Å². The molecule has 2 aliphatic carbocycles. The number of rotatable bonds is 4. The molecule has 3 heterocycles. The van der Waals surface area contributed by atoms with Crippen LogP contribution in [0.25, 0.3) is 32.9 Å². The van der Waals surface area contributed by atoms with Crippen molar-refractivity contribution in [3.8, 4) is 11.4 Å². The Hall–Kier alpha value is -3.19. The van der Waals surface area contributed by atoms with Gasteiger partial charge in [-0.25, -0.2) is 0 Å². The molecule has 2 aromatic heterocycles. The Morgan fingerprint density at radius 3 is 1.50 bits per heavy atom. The van der Waals surface area contributed by atoms with E-state index in [9.17, 15) is 0 Å². The maximum absolute atomic E-state index is 4.94. The molecule has 3 aliphatic rings. The molecule has 9 rings (SSSR count). The fraction of sp³-hybridized carbons (Fsp3) is 0.333. The second kappa shape index (κ2) is 18.0. The maximum atomic E-state index is 4.94. The van der Waals surface area contributed by atoms with Crippen LogP contribution in [0.1, 0.15) is 76.3 Å². The summed E-state index contributed by atoms with van der Waals surface area (Å²) in [4.78, 5) is 0. The molecule has 0 amide bonds. The first-order valence-electron chi connectivity index (χ1n) is 15.4. The third-order valence-electron chi connectivity index (χ3n) is 8.25. The normalized spacial score (nSPS) is 14.6. The van der Waals surface area contributed by atoms with Crippen molar-refractivity contribution in [2.45, 2.75) is 65.2 Å². The smallest absolute Gasteiger partial charge is 0.123 e. The average molecular weight is 790 g/mol. The van der Waals surface area contributed by atoms with Crippen LogP contribution in [0.4, 0.5) is 0 Å². The first-order chi connectivity index (χ1) is 22.6. The molecule has 48 heavy (non-hydrogen) atoms. The Kier molecular flexibility index (Phi) is 14.1. The number of nitrogens with zero attached hydrogens (tertiary/aromatic N) is 7. The quantitative estimate of drug-likeness (QED) is 0.142. The van der Waals surface area contributed by atoms with E-state index in [0.717, 1.165) is 36.4 Å². The van der Waals surface area contributed by atoms with Gasteiger partial charge in [0.2, 0.25) is 9.47 Å². The topological polar surface area (TPSA) is 83.0 Å². The van der Waals surface area contributed by atoms with E-state index >= 15 is 0 Å². The number of hydrogen-bond donors (Lipinski definition) is 1. The van der Waals surface area contributed by atoms with Crippen LogP contribution in [0.2, 0.25) is 0 Å². The summed E-state index contributed by atoms with van der Waals surface area (Å²) in [5.74, 6) is 1.51. The molecule has 0 atom stereocenters. The van der Waals surface area contributed by atoms with E-state index in [-0.39, 0.29) is 14.9 Å². The van der Waals surface area contributed by atoms with Gasteiger partial charge in [0.1, 0.15) is 12.7 Å². The van der Waals surface area contributed by atoms with Crippen molar-refractivity contribution >= 4 is 73.9 Å². The van der Waals surface area contributed by atoms with Gasteiger partial charge in [-0.1, -0.05) is 75.5 Å². The minimum atomic E-state index is 0. The molecule has 0 bridgehead atoms. The predicted molar refractivity (Wildman–Crippen MR) is 208 cm³/mol. The molecule has 1 aliphatic heterocycles. The van der Waals surface area contributed by atoms with Crippen molar-refractivity contribution in [1.29, 1.82) is 0 Å². The SMILES string of the molecule is Brc1nnc(Br)n1-c1ccc(C2CC2)c2ccccc12.C.C.C1CCOC1.[B]=NS.c1ccc2c(-n3cnnc3)ccc(C3CC3)c2c1. The summed E-state index contributed by atoms with van der Waals surface area (Å²) >= 11 is 10.1. The average Bonchev–Trinajstić information content (AvgIpc) is 3.94. The number of aromatic nitrogens is 6. The molecular weight excluding hydrogens is 749 g/mol. The first-order valence-corrected chi connectivity index (χ1v) is 17.4. The van der Waals surface area contributed by atoms with Crippen LogP contribution in [0.3, 0.4) is 0 Å². The number of fused-ring (bicyclic) bond motifs is 2. The molecule has 6 aromatic rings. The van der Waals surface area contributed by atoms with Crippen molar-refractivity contribution in [2.75, 3.05) is 13.2 Å². The molecule has 249 valence electrons. The van der Waals surface area contributed by atoms with Crippen LogP contribution in [-0.4, -0.2) is 50.4 Å². The zero-order chi connectivity index (χ0) is 31.9. The van der Waals surface area contributed by atoms with Crippen LogP contribution in [0, 0.1) is 0 Å². The van der Waals surface area contributed by atoms with Crippen molar-refractivity contribution in [3.05, 3.63) is 106 Å². The Balaban J connectivity index is 0.000000172. The molecule has 2 saturated carbocycles. The van der Waals surface area contributed by atoms with Gasteiger partial charge in [0.05, 0.1) is 11.4 Å². The summed E-state index contributed by atoms with van der Waals surface area (Å²) in [5.41, 5.74) is 5.20. The third kappa shape index (κ3) is 8.88. The maximum Gasteiger partial charge on any atom is 0.123 e. The molecular formula is C36H41BBr2N7OS. The van der Waals surface area contributed by atoms with Gasteiger partial charge in [0.25, 0.3) is 0 Å². The number of hydrogen-bond acceptors (Lipinski definition) is 7. The van der Waals surface area contributed by atoms with E-state index in [0.29, 0.717) is 9.47 Å². The van der Waals surface area contributed by atoms with Gasteiger partial charge in [-0.2, -0.15) is 0 Å². The Bertz CT molecular complexity index is 1900. The van der Waals surface area contributed by atoms with E-state index < -0.39 is 0 Å². The summed E-state index contributed by atoms with van der Waals surface area (Å²) in [5, 5.41) is 21.1. The summed E-state index contributed by atoms with van der Waals surface area (Å²) < 4.78 is 13.0. The Morgan fingerprint density at radius 1 is 0.667 bits per heavy atom. The minimum absolute atomic E-state index is 0. The summed E-state index contributed by atoms with van der Waals surface area (Å²) in [7, 11) is 4.34. The number of thiol groups is 1. The third-order valence-corrected chi connectivity index (χ3v) is 9.28. The van der Waals surface area contributed by atoms with Crippen molar-refractivity contribution in [2.24, 2.45) is 4.30 Å². The Morgan fingerprint density at radius 2 is 1.08 bits per heavy atom. The zero-order valence-electron chi connectivity index (χ0n) is 25.2. The van der Waals surface area contributed by atoms with E-state index in [1.54, 1.807) is 12.7 Å². The van der Waals surface area contributed by atoms with Gasteiger partial charge in [0, 0.05) is 24.0 Å². The van der Waals surface area contributed by atoms with E-state index in [2.05, 4.69) is 150 Å². The Labute approximate surface area is 306 Å². The zero-order valence-corrected chi connectivity index (χ0v) is 29.3. The van der Waals surface area contributed by atoms with Gasteiger partial charge in [0.15, 0.2) is 0 Å². The van der Waals surface area contributed by atoms with E-state index in [1.807, 2.05) is 9.13 Å².